The van der Waals surface area contributed by atoms with Crippen LogP contribution in [0.2, 0.25) is 0 Å². The highest BCUT2D eigenvalue weighted by Gasteiger charge is 2.31. The summed E-state index contributed by atoms with van der Waals surface area (Å²) in [4.78, 5) is 22.6. The molecule has 2 aromatic rings. The Morgan fingerprint density at radius 3 is 1.98 bits per heavy atom. The molecule has 1 aromatic carbocycles. The molecular weight excluding hydrogens is 524 g/mol. The molecule has 0 spiro atoms. The minimum Gasteiger partial charge on any atom is -0.348 e. The van der Waals surface area contributed by atoms with Crippen LogP contribution >= 0.6 is 11.3 Å². The number of aryl methyl sites for hydroxylation is 1. The van der Waals surface area contributed by atoms with E-state index in [0.717, 1.165) is 45.8 Å². The van der Waals surface area contributed by atoms with Crippen molar-refractivity contribution >= 4 is 39.9 Å². The number of carbonyl (C=O) groups excluding carboxylic acids is 1. The number of rotatable bonds is 15. The van der Waals surface area contributed by atoms with Crippen molar-refractivity contribution in [1.82, 2.24) is 4.98 Å². The Labute approximate surface area is 254 Å². The fraction of sp³-hybridized carbons (Fsp3) is 0.629. The van der Waals surface area contributed by atoms with Gasteiger partial charge in [-0.1, -0.05) is 116 Å². The molecule has 0 bridgehead atoms. The number of amides is 1. The first kappa shape index (κ1) is 33.0. The van der Waals surface area contributed by atoms with Crippen LogP contribution < -0.4 is 9.91 Å². The van der Waals surface area contributed by atoms with E-state index in [1.165, 1.54) is 56.4 Å². The summed E-state index contributed by atoms with van der Waals surface area (Å²) >= 11 is 1.75. The van der Waals surface area contributed by atoms with Crippen LogP contribution in [0.5, 0.6) is 0 Å². The fourth-order valence-corrected chi connectivity index (χ4v) is 6.69. The lowest BCUT2D eigenvalue weighted by Crippen LogP contribution is -2.34. The molecule has 0 N–H and O–H groups in total. The maximum Gasteiger partial charge on any atom is 0.280 e. The SMILES string of the molecule is CCCCC(CC)CN(CC(CC)CCCC)c1nc(C(C)(C)C)c(/C=C2\C(=O)N(c3ccc(C)cc3)N=C2C)s1. The van der Waals surface area contributed by atoms with Gasteiger partial charge in [-0.15, -0.1) is 0 Å². The number of aromatic nitrogens is 1. The van der Waals surface area contributed by atoms with E-state index in [4.69, 9.17) is 4.98 Å². The second kappa shape index (κ2) is 15.1. The second-order valence-corrected chi connectivity index (χ2v) is 13.9. The van der Waals surface area contributed by atoms with E-state index in [1.54, 1.807) is 11.3 Å². The summed E-state index contributed by atoms with van der Waals surface area (Å²) in [6.07, 6.45) is 12.0. The summed E-state index contributed by atoms with van der Waals surface area (Å²) in [5.74, 6) is 1.25. The average Bonchev–Trinajstić information content (AvgIpc) is 3.50. The van der Waals surface area contributed by atoms with Gasteiger partial charge in [-0.3, -0.25) is 4.79 Å². The normalized spacial score (nSPS) is 16.4. The first-order valence-electron chi connectivity index (χ1n) is 16.0. The zero-order valence-corrected chi connectivity index (χ0v) is 28.0. The molecular formula is C35H54N4OS. The zero-order chi connectivity index (χ0) is 30.2. The Morgan fingerprint density at radius 1 is 0.927 bits per heavy atom. The fourth-order valence-electron chi connectivity index (χ4n) is 5.46. The van der Waals surface area contributed by atoms with Gasteiger partial charge in [-0.25, -0.2) is 4.98 Å². The van der Waals surface area contributed by atoms with Crippen molar-refractivity contribution in [3.63, 3.8) is 0 Å². The lowest BCUT2D eigenvalue weighted by molar-refractivity contribution is -0.114. The minimum absolute atomic E-state index is 0.0748. The van der Waals surface area contributed by atoms with E-state index in [9.17, 15) is 4.79 Å². The number of unbranched alkanes of at least 4 members (excludes halogenated alkanes) is 2. The predicted molar refractivity (Wildman–Crippen MR) is 179 cm³/mol. The molecule has 0 saturated carbocycles. The average molecular weight is 579 g/mol. The molecule has 41 heavy (non-hydrogen) atoms. The molecule has 1 aliphatic rings. The molecule has 3 rings (SSSR count). The number of nitrogens with zero attached hydrogens (tertiary/aromatic N) is 4. The second-order valence-electron chi connectivity index (χ2n) is 12.9. The van der Waals surface area contributed by atoms with Crippen molar-refractivity contribution in [3.8, 4) is 0 Å². The maximum absolute atomic E-state index is 13.6. The molecule has 0 fully saturated rings. The Bertz CT molecular complexity index is 1170. The standard InChI is InChI=1S/C35H54N4OS/c1-10-14-16-27(12-3)23-38(24-28(13-4)17-15-11-2)34-36-32(35(7,8)9)31(41-34)22-30-26(6)37-39(33(30)40)29-20-18-25(5)19-21-29/h18-22,27-28H,10-17,23-24H2,1-9H3/b30-22-. The molecule has 0 radical (unpaired) electrons. The van der Waals surface area contributed by atoms with Crippen molar-refractivity contribution in [3.05, 3.63) is 46.0 Å². The molecule has 2 unspecified atom stereocenters. The van der Waals surface area contributed by atoms with Crippen LogP contribution in [0.3, 0.4) is 0 Å². The summed E-state index contributed by atoms with van der Waals surface area (Å²) in [6, 6.07) is 7.96. The molecule has 0 saturated heterocycles. The first-order chi connectivity index (χ1) is 19.5. The lowest BCUT2D eigenvalue weighted by atomic mass is 9.91. The van der Waals surface area contributed by atoms with Gasteiger partial charge in [0.25, 0.3) is 5.91 Å². The van der Waals surface area contributed by atoms with Gasteiger partial charge in [0.2, 0.25) is 0 Å². The molecule has 0 aliphatic carbocycles. The Morgan fingerprint density at radius 2 is 1.49 bits per heavy atom. The van der Waals surface area contributed by atoms with Crippen molar-refractivity contribution in [2.24, 2.45) is 16.9 Å². The highest BCUT2D eigenvalue weighted by atomic mass is 32.1. The molecule has 1 aliphatic heterocycles. The van der Waals surface area contributed by atoms with Gasteiger partial charge in [-0.2, -0.15) is 10.1 Å². The van der Waals surface area contributed by atoms with E-state index in [2.05, 4.69) is 64.5 Å². The monoisotopic (exact) mass is 578 g/mol. The number of hydrogen-bond acceptors (Lipinski definition) is 5. The number of anilines is 2. The summed E-state index contributed by atoms with van der Waals surface area (Å²) < 4.78 is 0. The summed E-state index contributed by atoms with van der Waals surface area (Å²) in [6.45, 7) is 22.0. The third kappa shape index (κ3) is 8.76. The topological polar surface area (TPSA) is 48.8 Å². The molecule has 1 amide bonds. The highest BCUT2D eigenvalue weighted by molar-refractivity contribution is 7.16. The maximum atomic E-state index is 13.6. The van der Waals surface area contributed by atoms with Gasteiger partial charge in [0.05, 0.1) is 27.5 Å². The number of hydrogen-bond donors (Lipinski definition) is 0. The van der Waals surface area contributed by atoms with Gasteiger partial charge in [0.15, 0.2) is 5.13 Å². The number of hydrazone groups is 1. The van der Waals surface area contributed by atoms with E-state index < -0.39 is 0 Å². The third-order valence-electron chi connectivity index (χ3n) is 8.28. The van der Waals surface area contributed by atoms with E-state index in [-0.39, 0.29) is 11.3 Å². The van der Waals surface area contributed by atoms with Crippen LogP contribution in [0.1, 0.15) is 123 Å². The van der Waals surface area contributed by atoms with Gasteiger partial charge >= 0.3 is 0 Å². The summed E-state index contributed by atoms with van der Waals surface area (Å²) in [7, 11) is 0. The smallest absolute Gasteiger partial charge is 0.280 e. The van der Waals surface area contributed by atoms with E-state index >= 15 is 0 Å². The molecule has 6 heteroatoms. The Kier molecular flexibility index (Phi) is 12.2. The van der Waals surface area contributed by atoms with Crippen molar-refractivity contribution < 1.29 is 4.79 Å². The number of benzene rings is 1. The lowest BCUT2D eigenvalue weighted by Gasteiger charge is -2.30. The third-order valence-corrected chi connectivity index (χ3v) is 9.35. The van der Waals surface area contributed by atoms with Crippen LogP contribution in [0, 0.1) is 18.8 Å². The molecule has 5 nitrogen and oxygen atoms in total. The highest BCUT2D eigenvalue weighted by Crippen LogP contribution is 2.38. The zero-order valence-electron chi connectivity index (χ0n) is 27.2. The van der Waals surface area contributed by atoms with Crippen molar-refractivity contribution in [1.29, 1.82) is 0 Å². The van der Waals surface area contributed by atoms with Gasteiger partial charge < -0.3 is 4.90 Å². The van der Waals surface area contributed by atoms with Crippen LogP contribution in [0.15, 0.2) is 34.9 Å². The quantitative estimate of drug-likeness (QED) is 0.198. The molecule has 226 valence electrons. The van der Waals surface area contributed by atoms with E-state index in [0.29, 0.717) is 17.4 Å². The van der Waals surface area contributed by atoms with Crippen LogP contribution in [-0.4, -0.2) is 29.7 Å². The number of thiazole rings is 1. The minimum atomic E-state index is -0.144. The predicted octanol–water partition coefficient (Wildman–Crippen LogP) is 9.79. The van der Waals surface area contributed by atoms with E-state index in [1.807, 2.05) is 38.1 Å². The van der Waals surface area contributed by atoms with Crippen LogP contribution in [-0.2, 0) is 10.2 Å². The summed E-state index contributed by atoms with van der Waals surface area (Å²) in [5, 5.41) is 7.28. The number of carbonyl (C=O) groups is 1. The summed E-state index contributed by atoms with van der Waals surface area (Å²) in [5.41, 5.74) is 4.28. The molecule has 1 aromatic heterocycles. The van der Waals surface area contributed by atoms with Gasteiger partial charge in [0.1, 0.15) is 0 Å². The van der Waals surface area contributed by atoms with Crippen LogP contribution in [0.25, 0.3) is 6.08 Å². The largest absolute Gasteiger partial charge is 0.348 e. The van der Waals surface area contributed by atoms with Gasteiger partial charge in [0, 0.05) is 18.5 Å². The first-order valence-corrected chi connectivity index (χ1v) is 16.8. The molecule has 2 heterocycles. The Balaban J connectivity index is 2.01. The van der Waals surface area contributed by atoms with Crippen molar-refractivity contribution in [2.75, 3.05) is 23.0 Å². The van der Waals surface area contributed by atoms with Crippen molar-refractivity contribution in [2.45, 2.75) is 119 Å². The van der Waals surface area contributed by atoms with Gasteiger partial charge in [-0.05, 0) is 56.7 Å². The molecule has 2 atom stereocenters. The van der Waals surface area contributed by atoms with Crippen LogP contribution in [0.4, 0.5) is 10.8 Å². The Hall–Kier alpha value is -2.47.